The number of benzene rings is 5. The third kappa shape index (κ3) is 17.0. The fraction of sp³-hybridized carbons (Fsp3) is 0.568. The topological polar surface area (TPSA) is 134 Å². The minimum absolute atomic E-state index is 0.118. The van der Waals surface area contributed by atoms with Gasteiger partial charge in [-0.05, 0) is 174 Å². The molecule has 5 aromatic carbocycles. The number of ether oxygens (including phenoxy) is 2. The second-order valence-electron chi connectivity index (χ2n) is 31.9. The normalized spacial score (nSPS) is 13.3. The molecule has 0 saturated heterocycles. The molecule has 0 aliphatic heterocycles. The molecule has 0 radical (unpaired) electrons. The molecule has 5 aromatic rings. The summed E-state index contributed by atoms with van der Waals surface area (Å²) in [6.45, 7) is 50.4. The fourth-order valence-corrected chi connectivity index (χ4v) is 11.0. The Hall–Kier alpha value is -5.76. The van der Waals surface area contributed by atoms with Gasteiger partial charge < -0.3 is 29.9 Å². The number of hydrogen-bond acceptors (Lipinski definition) is 8. The largest absolute Gasteiger partial charge is 0.507 e. The molecular weight excluding hydrogens is 1020 g/mol. The smallest absolute Gasteiger partial charge is 0.339 e. The van der Waals surface area contributed by atoms with Gasteiger partial charge in [-0.25, -0.2) is 9.59 Å². The zero-order valence-electron chi connectivity index (χ0n) is 55.2. The number of phenolic OH excluding ortho intramolecular Hbond substituents is 4. The van der Waals surface area contributed by atoms with Crippen molar-refractivity contribution in [3.63, 3.8) is 0 Å². The van der Waals surface area contributed by atoms with Crippen molar-refractivity contribution in [1.29, 1.82) is 0 Å². The first kappa shape index (κ1) is 67.0. The van der Waals surface area contributed by atoms with E-state index in [1.54, 1.807) is 24.3 Å². The zero-order valence-corrected chi connectivity index (χ0v) is 55.2. The summed E-state index contributed by atoms with van der Waals surface area (Å²) in [5.41, 5.74) is 8.66. The maximum absolute atomic E-state index is 14.9. The zero-order chi connectivity index (χ0) is 62.3. The lowest BCUT2D eigenvalue weighted by molar-refractivity contribution is 0.0215. The van der Waals surface area contributed by atoms with Crippen molar-refractivity contribution in [3.8, 4) is 23.0 Å². The summed E-state index contributed by atoms with van der Waals surface area (Å²) in [6, 6.07) is 23.4. The predicted molar refractivity (Wildman–Crippen MR) is 340 cm³/mol. The van der Waals surface area contributed by atoms with Crippen LogP contribution in [0.15, 0.2) is 72.8 Å². The van der Waals surface area contributed by atoms with E-state index < -0.39 is 24.1 Å². The van der Waals surface area contributed by atoms with Crippen LogP contribution in [0.1, 0.15) is 279 Å². The lowest BCUT2D eigenvalue weighted by Gasteiger charge is -2.29. The van der Waals surface area contributed by atoms with E-state index >= 15 is 0 Å². The molecule has 4 N–H and O–H groups in total. The highest BCUT2D eigenvalue weighted by molar-refractivity contribution is 6.03. The van der Waals surface area contributed by atoms with Gasteiger partial charge in [0.15, 0.2) is 0 Å². The van der Waals surface area contributed by atoms with Gasteiger partial charge in [0, 0.05) is 0 Å². The first-order valence-corrected chi connectivity index (χ1v) is 30.2. The van der Waals surface area contributed by atoms with E-state index in [0.29, 0.717) is 74.4 Å². The Morgan fingerprint density at radius 1 is 0.317 bits per heavy atom. The lowest BCUT2D eigenvalue weighted by atomic mass is 9.77. The van der Waals surface area contributed by atoms with Crippen molar-refractivity contribution in [1.82, 2.24) is 0 Å². The standard InChI is InChI=1S/C74H106O8/c1-67(2,3)53-37-45(38-54(61(53)75)68(4,5)6)29-33-49(34-30-46-39-55(69(7,8)9)62(76)56(40-46)70(10,11)12)81-65(79)51-27-25-26-28-52(51)66(80)82-50(35-31-47-41-57(71(13,14)15)63(77)58(42-47)72(16,17)18)36-32-48-43-59(73(19,20)21)64(78)60(44-48)74(22,23)24/h25-28,37-44,49-50,75-78H,29-36H2,1-24H3. The van der Waals surface area contributed by atoms with E-state index in [2.05, 4.69) is 215 Å². The van der Waals surface area contributed by atoms with Crippen LogP contribution in [0, 0.1) is 0 Å². The number of aryl methyl sites for hydroxylation is 4. The van der Waals surface area contributed by atoms with Crippen LogP contribution in [0.4, 0.5) is 0 Å². The van der Waals surface area contributed by atoms with Crippen molar-refractivity contribution in [2.45, 2.75) is 273 Å². The number of esters is 2. The summed E-state index contributed by atoms with van der Waals surface area (Å²) in [7, 11) is 0. The van der Waals surface area contributed by atoms with Crippen molar-refractivity contribution in [3.05, 3.63) is 151 Å². The summed E-state index contributed by atoms with van der Waals surface area (Å²) in [4.78, 5) is 29.8. The molecule has 0 aliphatic carbocycles. The van der Waals surface area contributed by atoms with E-state index in [1.807, 2.05) is 0 Å². The van der Waals surface area contributed by atoms with Gasteiger partial charge in [-0.1, -0.05) is 227 Å². The van der Waals surface area contributed by atoms with Crippen molar-refractivity contribution in [2.24, 2.45) is 0 Å². The molecule has 0 unspecified atom stereocenters. The molecule has 82 heavy (non-hydrogen) atoms. The molecule has 0 aliphatic rings. The quantitative estimate of drug-likeness (QED) is 0.0718. The van der Waals surface area contributed by atoms with Crippen LogP contribution in [0.2, 0.25) is 0 Å². The Morgan fingerprint density at radius 2 is 0.476 bits per heavy atom. The Labute approximate surface area is 495 Å². The molecule has 0 fully saturated rings. The van der Waals surface area contributed by atoms with E-state index in [9.17, 15) is 30.0 Å². The second kappa shape index (κ2) is 24.4. The molecule has 0 saturated carbocycles. The van der Waals surface area contributed by atoms with Crippen LogP contribution in [-0.4, -0.2) is 44.6 Å². The molecule has 0 amide bonds. The SMILES string of the molecule is CC(C)(C)c1cc(CCC(CCc2cc(C(C)(C)C)c(O)c(C(C)(C)C)c2)OC(=O)c2ccccc2C(=O)OC(CCc2cc(C(C)(C)C)c(O)c(C(C)(C)C)c2)CCc2cc(C(C)(C)C)c(O)c(C(C)(C)C)c2)cc(C(C)(C)C)c1O. The Kier molecular flexibility index (Phi) is 20.0. The Balaban J connectivity index is 1.56. The van der Waals surface area contributed by atoms with Gasteiger partial charge >= 0.3 is 11.9 Å². The van der Waals surface area contributed by atoms with Crippen LogP contribution >= 0.6 is 0 Å². The molecule has 450 valence electrons. The second-order valence-corrected chi connectivity index (χ2v) is 31.9. The number of rotatable bonds is 16. The average molecular weight is 1120 g/mol. The molecule has 0 spiro atoms. The van der Waals surface area contributed by atoms with Crippen molar-refractivity contribution in [2.75, 3.05) is 0 Å². The third-order valence-electron chi connectivity index (χ3n) is 16.1. The monoisotopic (exact) mass is 1120 g/mol. The first-order valence-electron chi connectivity index (χ1n) is 30.2. The third-order valence-corrected chi connectivity index (χ3v) is 16.1. The highest BCUT2D eigenvalue weighted by Crippen LogP contribution is 2.45. The summed E-state index contributed by atoms with van der Waals surface area (Å²) < 4.78 is 13.2. The fourth-order valence-electron chi connectivity index (χ4n) is 11.0. The number of carbonyl (C=O) groups is 2. The minimum atomic E-state index is -0.621. The first-order chi connectivity index (χ1) is 37.2. The highest BCUT2D eigenvalue weighted by atomic mass is 16.6. The van der Waals surface area contributed by atoms with E-state index in [0.717, 1.165) is 66.8 Å². The number of phenols is 4. The summed E-state index contributed by atoms with van der Waals surface area (Å²) in [6.07, 6.45) is 3.01. The maximum atomic E-state index is 14.9. The van der Waals surface area contributed by atoms with Crippen LogP contribution < -0.4 is 0 Å². The minimum Gasteiger partial charge on any atom is -0.507 e. The van der Waals surface area contributed by atoms with Crippen LogP contribution in [0.3, 0.4) is 0 Å². The Bertz CT molecular complexity index is 2560. The average Bonchev–Trinajstić information content (AvgIpc) is 3.50. The van der Waals surface area contributed by atoms with E-state index in [1.165, 1.54) is 0 Å². The van der Waals surface area contributed by atoms with Gasteiger partial charge in [0.2, 0.25) is 0 Å². The molecule has 0 heterocycles. The van der Waals surface area contributed by atoms with Gasteiger partial charge in [0.1, 0.15) is 35.2 Å². The van der Waals surface area contributed by atoms with E-state index in [-0.39, 0.29) is 54.4 Å². The lowest BCUT2D eigenvalue weighted by Crippen LogP contribution is -2.25. The van der Waals surface area contributed by atoms with Gasteiger partial charge in [0.05, 0.1) is 11.1 Å². The maximum Gasteiger partial charge on any atom is 0.339 e. The Morgan fingerprint density at radius 3 is 0.622 bits per heavy atom. The number of carbonyl (C=O) groups excluding carboxylic acids is 2. The summed E-state index contributed by atoms with van der Waals surface area (Å²) in [5, 5.41) is 46.4. The van der Waals surface area contributed by atoms with Crippen molar-refractivity contribution < 1.29 is 39.5 Å². The number of aromatic hydroxyl groups is 4. The molecule has 0 bridgehead atoms. The highest BCUT2D eigenvalue weighted by Gasteiger charge is 2.33. The molecule has 8 nitrogen and oxygen atoms in total. The van der Waals surface area contributed by atoms with Gasteiger partial charge in [0.25, 0.3) is 0 Å². The molecular formula is C74H106O8. The van der Waals surface area contributed by atoms with Gasteiger partial charge in [-0.3, -0.25) is 0 Å². The van der Waals surface area contributed by atoms with Crippen LogP contribution in [-0.2, 0) is 78.5 Å². The van der Waals surface area contributed by atoms with Crippen LogP contribution in [0.5, 0.6) is 23.0 Å². The molecule has 5 rings (SSSR count). The van der Waals surface area contributed by atoms with Crippen LogP contribution in [0.25, 0.3) is 0 Å². The van der Waals surface area contributed by atoms with E-state index in [4.69, 9.17) is 9.47 Å². The van der Waals surface area contributed by atoms with Crippen molar-refractivity contribution >= 4 is 11.9 Å². The molecule has 8 heteroatoms. The van der Waals surface area contributed by atoms with Gasteiger partial charge in [-0.15, -0.1) is 0 Å². The number of hydrogen-bond donors (Lipinski definition) is 4. The van der Waals surface area contributed by atoms with Gasteiger partial charge in [-0.2, -0.15) is 0 Å². The molecule has 0 aromatic heterocycles. The predicted octanol–water partition coefficient (Wildman–Crippen LogP) is 18.5. The summed E-state index contributed by atoms with van der Waals surface area (Å²) >= 11 is 0. The summed E-state index contributed by atoms with van der Waals surface area (Å²) in [5.74, 6) is -0.00731. The molecule has 0 atom stereocenters.